The van der Waals surface area contributed by atoms with Crippen LogP contribution in [0.5, 0.6) is 0 Å². The van der Waals surface area contributed by atoms with E-state index in [1.807, 2.05) is 14.0 Å². The number of ketones is 1. The largest absolute Gasteiger partial charge is 0.379 e. The molecule has 102 valence electrons. The lowest BCUT2D eigenvalue weighted by Gasteiger charge is -2.12. The van der Waals surface area contributed by atoms with Crippen molar-refractivity contribution in [2.75, 3.05) is 46.6 Å². The lowest BCUT2D eigenvalue weighted by Crippen LogP contribution is -2.18. The Balaban J connectivity index is 3.13. The first kappa shape index (κ1) is 16.5. The van der Waals surface area contributed by atoms with Crippen LogP contribution in [0.3, 0.4) is 0 Å². The average Bonchev–Trinajstić information content (AvgIpc) is 2.30. The van der Waals surface area contributed by atoms with Gasteiger partial charge in [0.15, 0.2) is 5.78 Å². The van der Waals surface area contributed by atoms with Gasteiger partial charge in [-0.2, -0.15) is 0 Å². The molecule has 1 atom stereocenters. The van der Waals surface area contributed by atoms with E-state index in [0.717, 1.165) is 13.0 Å². The monoisotopic (exact) mass is 247 g/mol. The normalized spacial score (nSPS) is 12.6. The zero-order valence-electron chi connectivity index (χ0n) is 11.2. The molecular weight excluding hydrogens is 222 g/mol. The van der Waals surface area contributed by atoms with E-state index in [9.17, 15) is 4.79 Å². The van der Waals surface area contributed by atoms with Crippen LogP contribution >= 0.6 is 0 Å². The maximum absolute atomic E-state index is 10.7. The first-order chi connectivity index (χ1) is 8.16. The molecule has 0 aliphatic carbocycles. The van der Waals surface area contributed by atoms with Gasteiger partial charge in [-0.05, 0) is 27.3 Å². The van der Waals surface area contributed by atoms with Gasteiger partial charge in [0.25, 0.3) is 0 Å². The maximum atomic E-state index is 10.7. The number of carbonyl (C=O) groups is 1. The highest BCUT2D eigenvalue weighted by Gasteiger charge is 2.03. The standard InChI is InChI=1S/C12H25NO4/c1-11(14)10-17-12(2)4-6-15-8-9-16-7-5-13-3/h12-13H,4-10H2,1-3H3. The molecule has 0 amide bonds. The molecule has 0 aliphatic heterocycles. The molecule has 1 N–H and O–H groups in total. The van der Waals surface area contributed by atoms with Crippen LogP contribution in [0.2, 0.25) is 0 Å². The molecule has 0 aliphatic rings. The van der Waals surface area contributed by atoms with E-state index < -0.39 is 0 Å². The number of ether oxygens (including phenoxy) is 3. The van der Waals surface area contributed by atoms with Crippen molar-refractivity contribution >= 4 is 5.78 Å². The van der Waals surface area contributed by atoms with Gasteiger partial charge in [-0.1, -0.05) is 0 Å². The second-order valence-corrected chi connectivity index (χ2v) is 3.94. The van der Waals surface area contributed by atoms with Gasteiger partial charge in [0, 0.05) is 13.2 Å². The average molecular weight is 247 g/mol. The molecule has 0 radical (unpaired) electrons. The third kappa shape index (κ3) is 13.4. The topological polar surface area (TPSA) is 56.8 Å². The second kappa shape index (κ2) is 12.0. The summed E-state index contributed by atoms with van der Waals surface area (Å²) >= 11 is 0. The molecular formula is C12H25NO4. The summed E-state index contributed by atoms with van der Waals surface area (Å²) in [5.74, 6) is 0.0516. The molecule has 0 aromatic rings. The van der Waals surface area contributed by atoms with E-state index >= 15 is 0 Å². The Hall–Kier alpha value is -0.490. The van der Waals surface area contributed by atoms with Crippen LogP contribution in [0.25, 0.3) is 0 Å². The quantitative estimate of drug-likeness (QED) is 0.512. The summed E-state index contributed by atoms with van der Waals surface area (Å²) in [5.41, 5.74) is 0. The van der Waals surface area contributed by atoms with Gasteiger partial charge < -0.3 is 19.5 Å². The van der Waals surface area contributed by atoms with Gasteiger partial charge in [-0.15, -0.1) is 0 Å². The Bertz CT molecular complexity index is 187. The molecule has 5 heteroatoms. The van der Waals surface area contributed by atoms with Crippen molar-refractivity contribution in [3.05, 3.63) is 0 Å². The Morgan fingerprint density at radius 1 is 1.18 bits per heavy atom. The molecule has 0 bridgehead atoms. The highest BCUT2D eigenvalue weighted by molar-refractivity contribution is 5.76. The predicted octanol–water partition coefficient (Wildman–Crippen LogP) is 0.623. The number of hydrogen-bond donors (Lipinski definition) is 1. The highest BCUT2D eigenvalue weighted by atomic mass is 16.5. The fourth-order valence-electron chi connectivity index (χ4n) is 1.09. The summed E-state index contributed by atoms with van der Waals surface area (Å²) in [4.78, 5) is 10.7. The van der Waals surface area contributed by atoms with Gasteiger partial charge in [0.2, 0.25) is 0 Å². The zero-order valence-corrected chi connectivity index (χ0v) is 11.2. The van der Waals surface area contributed by atoms with Gasteiger partial charge in [0.1, 0.15) is 6.61 Å². The number of carbonyl (C=O) groups excluding carboxylic acids is 1. The van der Waals surface area contributed by atoms with Crippen molar-refractivity contribution in [1.29, 1.82) is 0 Å². The van der Waals surface area contributed by atoms with Crippen molar-refractivity contribution in [2.45, 2.75) is 26.4 Å². The molecule has 0 aromatic carbocycles. The SMILES string of the molecule is CNCCOCCOCCC(C)OCC(C)=O. The van der Waals surface area contributed by atoms with Crippen LogP contribution in [-0.2, 0) is 19.0 Å². The summed E-state index contributed by atoms with van der Waals surface area (Å²) < 4.78 is 16.0. The van der Waals surface area contributed by atoms with Crippen LogP contribution in [0.4, 0.5) is 0 Å². The highest BCUT2D eigenvalue weighted by Crippen LogP contribution is 1.97. The zero-order chi connectivity index (χ0) is 12.9. The van der Waals surface area contributed by atoms with Crippen molar-refractivity contribution < 1.29 is 19.0 Å². The number of hydrogen-bond acceptors (Lipinski definition) is 5. The van der Waals surface area contributed by atoms with Crippen molar-refractivity contribution in [2.24, 2.45) is 0 Å². The van der Waals surface area contributed by atoms with Crippen molar-refractivity contribution in [3.8, 4) is 0 Å². The molecule has 17 heavy (non-hydrogen) atoms. The molecule has 0 aromatic heterocycles. The smallest absolute Gasteiger partial charge is 0.155 e. The van der Waals surface area contributed by atoms with Crippen molar-refractivity contribution in [1.82, 2.24) is 5.32 Å². The van der Waals surface area contributed by atoms with E-state index in [1.54, 1.807) is 0 Å². The third-order valence-corrected chi connectivity index (χ3v) is 2.11. The van der Waals surface area contributed by atoms with Gasteiger partial charge in [0.05, 0.1) is 25.9 Å². The van der Waals surface area contributed by atoms with Gasteiger partial charge in [-0.3, -0.25) is 4.79 Å². The van der Waals surface area contributed by atoms with Crippen LogP contribution in [0, 0.1) is 0 Å². The number of likely N-dealkylation sites (N-methyl/N-ethyl adjacent to an activating group) is 1. The maximum Gasteiger partial charge on any atom is 0.155 e. The lowest BCUT2D eigenvalue weighted by molar-refractivity contribution is -0.123. The number of rotatable bonds is 12. The molecule has 0 heterocycles. The van der Waals surface area contributed by atoms with E-state index in [0.29, 0.717) is 26.4 Å². The summed E-state index contributed by atoms with van der Waals surface area (Å²) in [7, 11) is 1.89. The van der Waals surface area contributed by atoms with Crippen molar-refractivity contribution in [3.63, 3.8) is 0 Å². The number of Topliss-reactive ketones (excluding diaryl/α,β-unsaturated/α-hetero) is 1. The molecule has 0 saturated carbocycles. The Morgan fingerprint density at radius 2 is 1.82 bits per heavy atom. The Morgan fingerprint density at radius 3 is 2.41 bits per heavy atom. The predicted molar refractivity (Wildman–Crippen MR) is 66.3 cm³/mol. The lowest BCUT2D eigenvalue weighted by atomic mass is 10.3. The second-order valence-electron chi connectivity index (χ2n) is 3.94. The molecule has 0 spiro atoms. The number of nitrogens with one attached hydrogen (secondary N) is 1. The molecule has 0 saturated heterocycles. The minimum Gasteiger partial charge on any atom is -0.379 e. The van der Waals surface area contributed by atoms with Crippen LogP contribution in [0.1, 0.15) is 20.3 Å². The first-order valence-electron chi connectivity index (χ1n) is 6.08. The molecule has 0 fully saturated rings. The van der Waals surface area contributed by atoms with E-state index in [-0.39, 0.29) is 18.5 Å². The minimum absolute atomic E-state index is 0.0516. The fourth-order valence-corrected chi connectivity index (χ4v) is 1.09. The minimum atomic E-state index is 0.0516. The Labute approximate surface area is 104 Å². The third-order valence-electron chi connectivity index (χ3n) is 2.11. The first-order valence-corrected chi connectivity index (χ1v) is 6.08. The Kier molecular flexibility index (Phi) is 11.6. The van der Waals surface area contributed by atoms with E-state index in [4.69, 9.17) is 14.2 Å². The fraction of sp³-hybridized carbons (Fsp3) is 0.917. The summed E-state index contributed by atoms with van der Waals surface area (Å²) in [6.07, 6.45) is 0.855. The van der Waals surface area contributed by atoms with Crippen LogP contribution < -0.4 is 5.32 Å². The van der Waals surface area contributed by atoms with E-state index in [2.05, 4.69) is 5.32 Å². The van der Waals surface area contributed by atoms with E-state index in [1.165, 1.54) is 6.92 Å². The molecule has 0 rings (SSSR count). The summed E-state index contributed by atoms with van der Waals surface area (Å²) in [5, 5.41) is 3.00. The van der Waals surface area contributed by atoms with Crippen LogP contribution in [-0.4, -0.2) is 58.5 Å². The van der Waals surface area contributed by atoms with Gasteiger partial charge in [-0.25, -0.2) is 0 Å². The van der Waals surface area contributed by atoms with Crippen LogP contribution in [0.15, 0.2) is 0 Å². The van der Waals surface area contributed by atoms with Gasteiger partial charge >= 0.3 is 0 Å². The molecule has 1 unspecified atom stereocenters. The summed E-state index contributed by atoms with van der Waals surface area (Å²) in [6, 6.07) is 0. The summed E-state index contributed by atoms with van der Waals surface area (Å²) in [6.45, 7) is 7.06. The molecule has 5 nitrogen and oxygen atoms in total.